The second-order valence-electron chi connectivity index (χ2n) is 7.79. The first-order valence-electron chi connectivity index (χ1n) is 9.39. The van der Waals surface area contributed by atoms with Crippen LogP contribution >= 0.6 is 23.2 Å². The maximum absolute atomic E-state index is 13.3. The van der Waals surface area contributed by atoms with E-state index in [1.54, 1.807) is 12.1 Å². The van der Waals surface area contributed by atoms with Crippen molar-refractivity contribution >= 4 is 40.8 Å². The maximum atomic E-state index is 13.3. The molecule has 0 radical (unpaired) electrons. The third kappa shape index (κ3) is 2.68. The average Bonchev–Trinajstić information content (AvgIpc) is 3.32. The van der Waals surface area contributed by atoms with E-state index in [1.807, 2.05) is 30.3 Å². The smallest absolute Gasteiger partial charge is 0.325 e. The molecule has 5 rings (SSSR count). The Morgan fingerprint density at radius 2 is 1.75 bits per heavy atom. The highest BCUT2D eigenvalue weighted by molar-refractivity contribution is 6.36. The standard InChI is InChI=1S/C21H19Cl2N3O2/c22-15-5-6-18(17(23)9-15)25-8-7-16(12-25)26-19(27)21(24-20(26)28)10-13-3-1-2-4-14(13)11-21/h1-6,9,16H,7-8,10-12H2,(H,24,28). The maximum Gasteiger partial charge on any atom is 0.325 e. The molecule has 1 unspecified atom stereocenters. The topological polar surface area (TPSA) is 52.7 Å². The van der Waals surface area contributed by atoms with Gasteiger partial charge in [-0.05, 0) is 35.7 Å². The number of amides is 3. The lowest BCUT2D eigenvalue weighted by molar-refractivity contribution is -0.132. The Bertz CT molecular complexity index is 968. The molecule has 2 aromatic carbocycles. The first-order valence-corrected chi connectivity index (χ1v) is 10.1. The monoisotopic (exact) mass is 415 g/mol. The second-order valence-corrected chi connectivity index (χ2v) is 8.64. The molecule has 1 N–H and O–H groups in total. The number of imide groups is 1. The molecule has 2 aromatic rings. The molecule has 0 saturated carbocycles. The van der Waals surface area contributed by atoms with Gasteiger partial charge in [-0.25, -0.2) is 4.79 Å². The molecular formula is C21H19Cl2N3O2. The van der Waals surface area contributed by atoms with E-state index in [4.69, 9.17) is 23.2 Å². The second kappa shape index (κ2) is 6.39. The highest BCUT2D eigenvalue weighted by Crippen LogP contribution is 2.38. The fourth-order valence-corrected chi connectivity index (χ4v) is 5.26. The van der Waals surface area contributed by atoms with Gasteiger partial charge in [0.2, 0.25) is 0 Å². The third-order valence-corrected chi connectivity index (χ3v) is 6.61. The molecule has 2 aliphatic heterocycles. The number of benzene rings is 2. The van der Waals surface area contributed by atoms with Gasteiger partial charge in [-0.1, -0.05) is 47.5 Å². The van der Waals surface area contributed by atoms with Gasteiger partial charge in [-0.3, -0.25) is 9.69 Å². The van der Waals surface area contributed by atoms with Crippen molar-refractivity contribution in [3.8, 4) is 0 Å². The lowest BCUT2D eigenvalue weighted by Crippen LogP contribution is -2.49. The van der Waals surface area contributed by atoms with E-state index >= 15 is 0 Å². The van der Waals surface area contributed by atoms with Gasteiger partial charge in [0.25, 0.3) is 5.91 Å². The number of nitrogens with zero attached hydrogens (tertiary/aromatic N) is 2. The SMILES string of the molecule is O=C1NC2(Cc3ccccc3C2)C(=O)N1C1CCN(c2ccc(Cl)cc2Cl)C1. The van der Waals surface area contributed by atoms with Gasteiger partial charge in [0.1, 0.15) is 5.54 Å². The zero-order chi connectivity index (χ0) is 19.5. The minimum absolute atomic E-state index is 0.109. The fourth-order valence-electron chi connectivity index (χ4n) is 4.74. The van der Waals surface area contributed by atoms with Crippen LogP contribution in [0.3, 0.4) is 0 Å². The third-order valence-electron chi connectivity index (χ3n) is 6.07. The number of carbonyl (C=O) groups excluding carboxylic acids is 2. The average molecular weight is 416 g/mol. The van der Waals surface area contributed by atoms with E-state index in [0.29, 0.717) is 29.4 Å². The summed E-state index contributed by atoms with van der Waals surface area (Å²) in [5, 5.41) is 4.16. The lowest BCUT2D eigenvalue weighted by atomic mass is 9.95. The van der Waals surface area contributed by atoms with Gasteiger partial charge in [0.15, 0.2) is 0 Å². The van der Waals surface area contributed by atoms with E-state index in [2.05, 4.69) is 10.2 Å². The predicted octanol–water partition coefficient (Wildman–Crippen LogP) is 3.66. The van der Waals surface area contributed by atoms with Crippen LogP contribution in [0.4, 0.5) is 10.5 Å². The molecule has 1 aliphatic carbocycles. The lowest BCUT2D eigenvalue weighted by Gasteiger charge is -2.25. The molecule has 144 valence electrons. The predicted molar refractivity (Wildman–Crippen MR) is 109 cm³/mol. The Morgan fingerprint density at radius 3 is 2.43 bits per heavy atom. The largest absolute Gasteiger partial charge is 0.368 e. The van der Waals surface area contributed by atoms with Gasteiger partial charge in [0, 0.05) is 31.0 Å². The molecule has 2 fully saturated rings. The molecule has 5 nitrogen and oxygen atoms in total. The number of halogens is 2. The van der Waals surface area contributed by atoms with E-state index in [9.17, 15) is 9.59 Å². The van der Waals surface area contributed by atoms with Crippen molar-refractivity contribution in [1.29, 1.82) is 0 Å². The molecule has 28 heavy (non-hydrogen) atoms. The normalized spacial score (nSPS) is 22.9. The van der Waals surface area contributed by atoms with Crippen molar-refractivity contribution in [3.63, 3.8) is 0 Å². The first-order chi connectivity index (χ1) is 13.5. The number of hydrogen-bond acceptors (Lipinski definition) is 3. The number of carbonyl (C=O) groups is 2. The molecule has 0 aromatic heterocycles. The van der Waals surface area contributed by atoms with Gasteiger partial charge in [0.05, 0.1) is 16.8 Å². The molecule has 3 amide bonds. The van der Waals surface area contributed by atoms with Crippen molar-refractivity contribution in [2.45, 2.75) is 30.8 Å². The summed E-state index contributed by atoms with van der Waals surface area (Å²) >= 11 is 12.3. The first kappa shape index (κ1) is 17.8. The summed E-state index contributed by atoms with van der Waals surface area (Å²) in [6.07, 6.45) is 1.84. The van der Waals surface area contributed by atoms with Crippen molar-refractivity contribution in [1.82, 2.24) is 10.2 Å². The Hall–Kier alpha value is -2.24. The van der Waals surface area contributed by atoms with Crippen LogP contribution in [0.15, 0.2) is 42.5 Å². The summed E-state index contributed by atoms with van der Waals surface area (Å²) in [7, 11) is 0. The van der Waals surface area contributed by atoms with Crippen LogP contribution in [-0.2, 0) is 17.6 Å². The van der Waals surface area contributed by atoms with Gasteiger partial charge in [-0.15, -0.1) is 0 Å². The molecule has 7 heteroatoms. The van der Waals surface area contributed by atoms with Gasteiger partial charge < -0.3 is 10.2 Å². The Kier molecular flexibility index (Phi) is 4.07. The van der Waals surface area contributed by atoms with Crippen LogP contribution < -0.4 is 10.2 Å². The summed E-state index contributed by atoms with van der Waals surface area (Å²) in [5.41, 5.74) is 2.33. The van der Waals surface area contributed by atoms with Crippen LogP contribution in [0.25, 0.3) is 0 Å². The van der Waals surface area contributed by atoms with Crippen molar-refractivity contribution < 1.29 is 9.59 Å². The molecule has 1 atom stereocenters. The van der Waals surface area contributed by atoms with Crippen LogP contribution in [0, 0.1) is 0 Å². The molecule has 3 aliphatic rings. The molecule has 1 spiro atoms. The summed E-state index contributed by atoms with van der Waals surface area (Å²) in [6, 6.07) is 13.0. The van der Waals surface area contributed by atoms with Gasteiger partial charge >= 0.3 is 6.03 Å². The number of anilines is 1. The zero-order valence-electron chi connectivity index (χ0n) is 15.1. The Morgan fingerprint density at radius 1 is 1.04 bits per heavy atom. The highest BCUT2D eigenvalue weighted by Gasteiger charge is 2.56. The number of nitrogens with one attached hydrogen (secondary N) is 1. The quantitative estimate of drug-likeness (QED) is 0.761. The number of hydrogen-bond donors (Lipinski definition) is 1. The Balaban J connectivity index is 1.36. The van der Waals surface area contributed by atoms with Crippen molar-refractivity contribution in [3.05, 3.63) is 63.6 Å². The van der Waals surface area contributed by atoms with E-state index < -0.39 is 5.54 Å². The van der Waals surface area contributed by atoms with E-state index in [-0.39, 0.29) is 18.0 Å². The molecule has 0 bridgehead atoms. The minimum atomic E-state index is -0.827. The number of rotatable bonds is 2. The summed E-state index contributed by atoms with van der Waals surface area (Å²) < 4.78 is 0. The van der Waals surface area contributed by atoms with Crippen molar-refractivity contribution in [2.24, 2.45) is 0 Å². The summed E-state index contributed by atoms with van der Waals surface area (Å²) in [6.45, 7) is 1.31. The molecule has 2 heterocycles. The summed E-state index contributed by atoms with van der Waals surface area (Å²) in [5.74, 6) is -0.109. The fraction of sp³-hybridized carbons (Fsp3) is 0.333. The number of urea groups is 1. The highest BCUT2D eigenvalue weighted by atomic mass is 35.5. The molecule has 2 saturated heterocycles. The van der Waals surface area contributed by atoms with Crippen LogP contribution in [0.5, 0.6) is 0 Å². The van der Waals surface area contributed by atoms with Crippen molar-refractivity contribution in [2.75, 3.05) is 18.0 Å². The minimum Gasteiger partial charge on any atom is -0.368 e. The zero-order valence-corrected chi connectivity index (χ0v) is 16.6. The van der Waals surface area contributed by atoms with Crippen LogP contribution in [0.1, 0.15) is 17.5 Å². The van der Waals surface area contributed by atoms with Gasteiger partial charge in [-0.2, -0.15) is 0 Å². The van der Waals surface area contributed by atoms with Crippen LogP contribution in [0.2, 0.25) is 10.0 Å². The Labute approximate surface area is 173 Å². The van der Waals surface area contributed by atoms with E-state index in [1.165, 1.54) is 4.90 Å². The summed E-state index contributed by atoms with van der Waals surface area (Å²) in [4.78, 5) is 29.7. The van der Waals surface area contributed by atoms with Crippen LogP contribution in [-0.4, -0.2) is 41.5 Å². The molecular weight excluding hydrogens is 397 g/mol. The number of fused-ring (bicyclic) bond motifs is 1. The van der Waals surface area contributed by atoms with E-state index in [0.717, 1.165) is 29.8 Å².